The molecule has 0 fully saturated rings. The average Bonchev–Trinajstić information content (AvgIpc) is 2.04. The molecule has 0 aromatic heterocycles. The van der Waals surface area contributed by atoms with Crippen LogP contribution in [0.3, 0.4) is 0 Å². The van der Waals surface area contributed by atoms with Crippen molar-refractivity contribution in [3.8, 4) is 5.75 Å². The monoisotopic (exact) mass is 218 g/mol. The summed E-state index contributed by atoms with van der Waals surface area (Å²) in [5.74, 6) is 0.585. The van der Waals surface area contributed by atoms with Crippen LogP contribution in [0, 0.1) is 0 Å². The molecular weight excluding hydrogens is 211 g/mol. The molecule has 0 radical (unpaired) electrons. The lowest BCUT2D eigenvalue weighted by atomic mass is 10.2. The van der Waals surface area contributed by atoms with Gasteiger partial charge in [0.15, 0.2) is 0 Å². The smallest absolute Gasteiger partial charge is 0.125 e. The van der Waals surface area contributed by atoms with Crippen molar-refractivity contribution >= 4 is 15.9 Å². The van der Waals surface area contributed by atoms with E-state index < -0.39 is 6.67 Å². The van der Waals surface area contributed by atoms with E-state index in [0.717, 1.165) is 4.47 Å². The normalized spacial score (nSPS) is 9.73. The SMILES string of the molecule is COc1cc(Br)ccc1CF. The van der Waals surface area contributed by atoms with Gasteiger partial charge in [-0.1, -0.05) is 22.0 Å². The van der Waals surface area contributed by atoms with Crippen molar-refractivity contribution in [3.63, 3.8) is 0 Å². The zero-order valence-electron chi connectivity index (χ0n) is 6.10. The van der Waals surface area contributed by atoms with E-state index in [2.05, 4.69) is 15.9 Å². The van der Waals surface area contributed by atoms with Gasteiger partial charge in [-0.15, -0.1) is 0 Å². The summed E-state index contributed by atoms with van der Waals surface area (Å²) in [4.78, 5) is 0. The topological polar surface area (TPSA) is 9.23 Å². The quantitative estimate of drug-likeness (QED) is 0.742. The van der Waals surface area contributed by atoms with Crippen molar-refractivity contribution in [1.29, 1.82) is 0 Å². The predicted molar refractivity (Wildman–Crippen MR) is 45.5 cm³/mol. The van der Waals surface area contributed by atoms with Crippen LogP contribution < -0.4 is 4.74 Å². The van der Waals surface area contributed by atoms with Gasteiger partial charge in [-0.05, 0) is 12.1 Å². The van der Waals surface area contributed by atoms with Crippen molar-refractivity contribution in [2.45, 2.75) is 6.67 Å². The molecule has 1 aromatic rings. The fourth-order valence-corrected chi connectivity index (χ4v) is 1.17. The van der Waals surface area contributed by atoms with Gasteiger partial charge in [0.2, 0.25) is 0 Å². The van der Waals surface area contributed by atoms with Crippen LogP contribution in [0.15, 0.2) is 22.7 Å². The van der Waals surface area contributed by atoms with Crippen molar-refractivity contribution in [2.24, 2.45) is 0 Å². The fourth-order valence-electron chi connectivity index (χ4n) is 0.829. The van der Waals surface area contributed by atoms with Crippen molar-refractivity contribution in [1.82, 2.24) is 0 Å². The van der Waals surface area contributed by atoms with Gasteiger partial charge in [0, 0.05) is 10.0 Å². The molecule has 0 bridgehead atoms. The molecule has 0 unspecified atom stereocenters. The highest BCUT2D eigenvalue weighted by Gasteiger charge is 2.01. The third-order valence-electron chi connectivity index (χ3n) is 1.39. The van der Waals surface area contributed by atoms with Gasteiger partial charge in [0.05, 0.1) is 7.11 Å². The number of hydrogen-bond acceptors (Lipinski definition) is 1. The molecule has 1 rings (SSSR count). The molecule has 0 heterocycles. The Morgan fingerprint density at radius 1 is 1.55 bits per heavy atom. The molecule has 0 saturated carbocycles. The number of rotatable bonds is 2. The summed E-state index contributed by atoms with van der Waals surface area (Å²) in [6.45, 7) is -0.490. The third kappa shape index (κ3) is 1.93. The van der Waals surface area contributed by atoms with Crippen LogP contribution >= 0.6 is 15.9 Å². The second-order valence-corrected chi connectivity index (χ2v) is 3.01. The third-order valence-corrected chi connectivity index (χ3v) is 1.89. The summed E-state index contributed by atoms with van der Waals surface area (Å²) in [6, 6.07) is 5.23. The summed E-state index contributed by atoms with van der Waals surface area (Å²) in [5.41, 5.74) is 0.579. The highest BCUT2D eigenvalue weighted by atomic mass is 79.9. The molecule has 0 aliphatic carbocycles. The van der Waals surface area contributed by atoms with Crippen LogP contribution in [0.5, 0.6) is 5.75 Å². The Morgan fingerprint density at radius 3 is 2.82 bits per heavy atom. The van der Waals surface area contributed by atoms with Crippen molar-refractivity contribution in [2.75, 3.05) is 7.11 Å². The molecule has 0 aliphatic heterocycles. The van der Waals surface area contributed by atoms with E-state index in [-0.39, 0.29) is 0 Å². The Morgan fingerprint density at radius 2 is 2.27 bits per heavy atom. The molecule has 3 heteroatoms. The maximum absolute atomic E-state index is 12.2. The van der Waals surface area contributed by atoms with Gasteiger partial charge in [0.1, 0.15) is 12.4 Å². The van der Waals surface area contributed by atoms with Crippen molar-refractivity contribution in [3.05, 3.63) is 28.2 Å². The Hall–Kier alpha value is -0.570. The van der Waals surface area contributed by atoms with Crippen LogP contribution in [-0.4, -0.2) is 7.11 Å². The molecule has 1 nitrogen and oxygen atoms in total. The summed E-state index contributed by atoms with van der Waals surface area (Å²) < 4.78 is 18.1. The van der Waals surface area contributed by atoms with Crippen molar-refractivity contribution < 1.29 is 9.13 Å². The molecule has 0 N–H and O–H groups in total. The summed E-state index contributed by atoms with van der Waals surface area (Å²) in [6.07, 6.45) is 0. The number of ether oxygens (including phenoxy) is 1. The highest BCUT2D eigenvalue weighted by Crippen LogP contribution is 2.23. The van der Waals surface area contributed by atoms with Crippen LogP contribution in [0.1, 0.15) is 5.56 Å². The first-order chi connectivity index (χ1) is 5.27. The molecule has 0 spiro atoms. The Balaban J connectivity index is 3.06. The zero-order chi connectivity index (χ0) is 8.27. The maximum Gasteiger partial charge on any atom is 0.125 e. The largest absolute Gasteiger partial charge is 0.496 e. The van der Waals surface area contributed by atoms with E-state index in [1.54, 1.807) is 18.2 Å². The van der Waals surface area contributed by atoms with E-state index in [1.165, 1.54) is 7.11 Å². The van der Waals surface area contributed by atoms with Crippen LogP contribution in [0.2, 0.25) is 0 Å². The van der Waals surface area contributed by atoms with Gasteiger partial charge >= 0.3 is 0 Å². The summed E-state index contributed by atoms with van der Waals surface area (Å²) in [5, 5.41) is 0. The number of alkyl halides is 1. The second-order valence-electron chi connectivity index (χ2n) is 2.09. The minimum absolute atomic E-state index is 0.490. The minimum Gasteiger partial charge on any atom is -0.496 e. The molecule has 60 valence electrons. The predicted octanol–water partition coefficient (Wildman–Crippen LogP) is 2.93. The fraction of sp³-hybridized carbons (Fsp3) is 0.250. The molecule has 0 atom stereocenters. The number of hydrogen-bond donors (Lipinski definition) is 0. The molecule has 1 aromatic carbocycles. The number of benzene rings is 1. The first kappa shape index (κ1) is 8.53. The zero-order valence-corrected chi connectivity index (χ0v) is 7.69. The highest BCUT2D eigenvalue weighted by molar-refractivity contribution is 9.10. The lowest BCUT2D eigenvalue weighted by molar-refractivity contribution is 0.394. The lowest BCUT2D eigenvalue weighted by Gasteiger charge is -2.04. The van der Waals surface area contributed by atoms with Gasteiger partial charge in [-0.2, -0.15) is 0 Å². The first-order valence-corrected chi connectivity index (χ1v) is 3.95. The standard InChI is InChI=1S/C8H8BrFO/c1-11-8-4-7(9)3-2-6(8)5-10/h2-4H,5H2,1H3. The lowest BCUT2D eigenvalue weighted by Crippen LogP contribution is -1.88. The maximum atomic E-state index is 12.2. The van der Waals surface area contributed by atoms with Gasteiger partial charge in [-0.25, -0.2) is 4.39 Å². The molecule has 11 heavy (non-hydrogen) atoms. The molecule has 0 amide bonds. The second kappa shape index (κ2) is 3.72. The van der Waals surface area contributed by atoms with E-state index in [9.17, 15) is 4.39 Å². The first-order valence-electron chi connectivity index (χ1n) is 3.16. The summed E-state index contributed by atoms with van der Waals surface area (Å²) >= 11 is 3.26. The molecule has 0 saturated heterocycles. The van der Waals surface area contributed by atoms with E-state index in [4.69, 9.17) is 4.74 Å². The van der Waals surface area contributed by atoms with Gasteiger partial charge in [-0.3, -0.25) is 0 Å². The van der Waals surface area contributed by atoms with E-state index in [0.29, 0.717) is 11.3 Å². The Kier molecular flexibility index (Phi) is 2.88. The van der Waals surface area contributed by atoms with E-state index in [1.807, 2.05) is 0 Å². The Labute approximate surface area is 73.3 Å². The number of halogens is 2. The van der Waals surface area contributed by atoms with Crippen LogP contribution in [0.4, 0.5) is 4.39 Å². The minimum atomic E-state index is -0.490. The van der Waals surface area contributed by atoms with Gasteiger partial charge < -0.3 is 4.74 Å². The summed E-state index contributed by atoms with van der Waals surface area (Å²) in [7, 11) is 1.53. The molecular formula is C8H8BrFO. The van der Waals surface area contributed by atoms with Crippen LogP contribution in [0.25, 0.3) is 0 Å². The van der Waals surface area contributed by atoms with Gasteiger partial charge in [0.25, 0.3) is 0 Å². The van der Waals surface area contributed by atoms with E-state index >= 15 is 0 Å². The average molecular weight is 219 g/mol. The Bertz CT molecular complexity index is 250. The van der Waals surface area contributed by atoms with Crippen LogP contribution in [-0.2, 0) is 6.67 Å². The number of methoxy groups -OCH3 is 1. The molecule has 0 aliphatic rings.